The van der Waals surface area contributed by atoms with E-state index in [9.17, 15) is 0 Å². The molecule has 0 radical (unpaired) electrons. The van der Waals surface area contributed by atoms with Crippen LogP contribution >= 0.6 is 0 Å². The van der Waals surface area contributed by atoms with Crippen molar-refractivity contribution in [3.8, 4) is 5.95 Å². The fraction of sp³-hybridized carbons (Fsp3) is 0.333. The highest BCUT2D eigenvalue weighted by atomic mass is 16.3. The quantitative estimate of drug-likeness (QED) is 0.446. The highest BCUT2D eigenvalue weighted by Crippen LogP contribution is 2.11. The first-order valence-corrected chi connectivity index (χ1v) is 5.27. The second-order valence-corrected chi connectivity index (χ2v) is 3.52. The SMILES string of the molecule is CN(CCO)c1nc(NN)nc(-n2ccnc2)n1. The van der Waals surface area contributed by atoms with Crippen LogP contribution in [0, 0.1) is 0 Å². The number of imidazole rings is 1. The summed E-state index contributed by atoms with van der Waals surface area (Å²) in [4.78, 5) is 18.1. The summed E-state index contributed by atoms with van der Waals surface area (Å²) in [5.41, 5.74) is 2.38. The molecule has 9 heteroatoms. The summed E-state index contributed by atoms with van der Waals surface area (Å²) in [5, 5.41) is 8.91. The molecule has 2 heterocycles. The van der Waals surface area contributed by atoms with Crippen LogP contribution < -0.4 is 16.2 Å². The molecule has 0 bridgehead atoms. The third-order valence-corrected chi connectivity index (χ3v) is 2.25. The van der Waals surface area contributed by atoms with Crippen molar-refractivity contribution in [3.05, 3.63) is 18.7 Å². The van der Waals surface area contributed by atoms with E-state index in [-0.39, 0.29) is 12.6 Å². The number of nitrogen functional groups attached to an aromatic ring is 1. The van der Waals surface area contributed by atoms with Crippen LogP contribution in [0.5, 0.6) is 0 Å². The lowest BCUT2D eigenvalue weighted by molar-refractivity contribution is 0.303. The number of likely N-dealkylation sites (N-methyl/N-ethyl adjacent to an activating group) is 1. The Morgan fingerprint density at radius 3 is 2.89 bits per heavy atom. The van der Waals surface area contributed by atoms with E-state index in [0.717, 1.165) is 0 Å². The minimum Gasteiger partial charge on any atom is -0.395 e. The molecular weight excluding hydrogens is 236 g/mol. The molecule has 2 rings (SSSR count). The van der Waals surface area contributed by atoms with Gasteiger partial charge in [0.1, 0.15) is 6.33 Å². The maximum Gasteiger partial charge on any atom is 0.243 e. The fourth-order valence-electron chi connectivity index (χ4n) is 1.33. The van der Waals surface area contributed by atoms with Gasteiger partial charge in [0.2, 0.25) is 17.8 Å². The number of aliphatic hydroxyl groups is 1. The van der Waals surface area contributed by atoms with Gasteiger partial charge in [0.15, 0.2) is 0 Å². The third kappa shape index (κ3) is 2.52. The first-order valence-electron chi connectivity index (χ1n) is 5.27. The molecule has 0 saturated carbocycles. The molecule has 0 atom stereocenters. The minimum atomic E-state index is 0.00792. The predicted molar refractivity (Wildman–Crippen MR) is 65.1 cm³/mol. The van der Waals surface area contributed by atoms with Gasteiger partial charge in [-0.25, -0.2) is 10.8 Å². The van der Waals surface area contributed by atoms with Crippen molar-refractivity contribution in [1.29, 1.82) is 0 Å². The maximum atomic E-state index is 8.91. The van der Waals surface area contributed by atoms with Gasteiger partial charge in [-0.05, 0) is 0 Å². The highest BCUT2D eigenvalue weighted by Gasteiger charge is 2.10. The Balaban J connectivity index is 2.39. The van der Waals surface area contributed by atoms with Crippen LogP contribution in [0.1, 0.15) is 0 Å². The third-order valence-electron chi connectivity index (χ3n) is 2.25. The monoisotopic (exact) mass is 250 g/mol. The van der Waals surface area contributed by atoms with Crippen molar-refractivity contribution in [3.63, 3.8) is 0 Å². The second kappa shape index (κ2) is 5.38. The van der Waals surface area contributed by atoms with Crippen molar-refractivity contribution in [2.24, 2.45) is 5.84 Å². The smallest absolute Gasteiger partial charge is 0.243 e. The van der Waals surface area contributed by atoms with E-state index < -0.39 is 0 Å². The largest absolute Gasteiger partial charge is 0.395 e. The molecule has 96 valence electrons. The molecule has 0 amide bonds. The topological polar surface area (TPSA) is 118 Å². The van der Waals surface area contributed by atoms with Gasteiger partial charge in [0.25, 0.3) is 0 Å². The Kier molecular flexibility index (Phi) is 3.65. The molecule has 9 nitrogen and oxygen atoms in total. The average molecular weight is 250 g/mol. The van der Waals surface area contributed by atoms with Crippen molar-refractivity contribution in [1.82, 2.24) is 24.5 Å². The molecule has 4 N–H and O–H groups in total. The van der Waals surface area contributed by atoms with Crippen molar-refractivity contribution < 1.29 is 5.11 Å². The number of rotatable bonds is 5. The number of nitrogens with one attached hydrogen (secondary N) is 1. The first kappa shape index (κ1) is 12.2. The molecule has 0 fully saturated rings. The van der Waals surface area contributed by atoms with Crippen molar-refractivity contribution in [2.75, 3.05) is 30.5 Å². The molecule has 0 spiro atoms. The number of aliphatic hydroxyl groups excluding tert-OH is 1. The highest BCUT2D eigenvalue weighted by molar-refractivity contribution is 5.38. The number of hydrogen-bond donors (Lipinski definition) is 3. The molecule has 0 aliphatic heterocycles. The second-order valence-electron chi connectivity index (χ2n) is 3.52. The van der Waals surface area contributed by atoms with Gasteiger partial charge in [-0.15, -0.1) is 0 Å². The van der Waals surface area contributed by atoms with Crippen LogP contribution in [0.15, 0.2) is 18.7 Å². The van der Waals surface area contributed by atoms with Crippen LogP contribution in [0.3, 0.4) is 0 Å². The van der Waals surface area contributed by atoms with Gasteiger partial charge in [-0.3, -0.25) is 9.99 Å². The molecule has 0 unspecified atom stereocenters. The summed E-state index contributed by atoms with van der Waals surface area (Å²) in [6.45, 7) is 0.422. The lowest BCUT2D eigenvalue weighted by Crippen LogP contribution is -2.25. The van der Waals surface area contributed by atoms with Gasteiger partial charge < -0.3 is 10.0 Å². The number of aromatic nitrogens is 5. The summed E-state index contributed by atoms with van der Waals surface area (Å²) >= 11 is 0. The van der Waals surface area contributed by atoms with Gasteiger partial charge in [0.05, 0.1) is 6.61 Å². The Hall–Kier alpha value is -2.26. The van der Waals surface area contributed by atoms with Gasteiger partial charge >= 0.3 is 0 Å². The molecule has 0 aliphatic rings. The summed E-state index contributed by atoms with van der Waals surface area (Å²) in [7, 11) is 1.77. The summed E-state index contributed by atoms with van der Waals surface area (Å²) < 4.78 is 1.64. The number of hydrogen-bond acceptors (Lipinski definition) is 8. The van der Waals surface area contributed by atoms with Gasteiger partial charge in [-0.1, -0.05) is 0 Å². The lowest BCUT2D eigenvalue weighted by atomic mass is 10.6. The minimum absolute atomic E-state index is 0.00792. The van der Waals surface area contributed by atoms with E-state index in [1.54, 1.807) is 35.2 Å². The van der Waals surface area contributed by atoms with Crippen LogP contribution in [-0.4, -0.2) is 49.8 Å². The zero-order chi connectivity index (χ0) is 13.0. The van der Waals surface area contributed by atoms with Crippen LogP contribution in [0.2, 0.25) is 0 Å². The number of nitrogens with two attached hydrogens (primary N) is 1. The lowest BCUT2D eigenvalue weighted by Gasteiger charge is -2.16. The molecular formula is C9H14N8O. The number of nitrogens with zero attached hydrogens (tertiary/aromatic N) is 6. The Morgan fingerprint density at radius 2 is 2.28 bits per heavy atom. The normalized spacial score (nSPS) is 10.4. The Bertz CT molecular complexity index is 499. The summed E-state index contributed by atoms with van der Waals surface area (Å²) in [5.74, 6) is 6.37. The first-order chi connectivity index (χ1) is 8.74. The van der Waals surface area contributed by atoms with Crippen molar-refractivity contribution in [2.45, 2.75) is 0 Å². The predicted octanol–water partition coefficient (Wildman–Crippen LogP) is -1.23. The molecule has 0 aliphatic carbocycles. The van der Waals surface area contributed by atoms with Crippen LogP contribution in [-0.2, 0) is 0 Å². The van der Waals surface area contributed by atoms with Crippen LogP contribution in [0.25, 0.3) is 5.95 Å². The zero-order valence-electron chi connectivity index (χ0n) is 9.85. The average Bonchev–Trinajstić information content (AvgIpc) is 2.92. The fourth-order valence-corrected chi connectivity index (χ4v) is 1.33. The molecule has 0 aromatic carbocycles. The summed E-state index contributed by atoms with van der Waals surface area (Å²) in [6, 6.07) is 0. The zero-order valence-corrected chi connectivity index (χ0v) is 9.85. The van der Waals surface area contributed by atoms with E-state index in [0.29, 0.717) is 18.4 Å². The standard InChI is InChI=1S/C9H14N8O/c1-16(4-5-18)8-12-7(15-10)13-9(14-8)17-3-2-11-6-17/h2-3,6,18H,4-5,10H2,1H3,(H,12,13,14,15). The van der Waals surface area contributed by atoms with Gasteiger partial charge in [0, 0.05) is 26.0 Å². The molecule has 2 aromatic heterocycles. The Morgan fingerprint density at radius 1 is 1.44 bits per heavy atom. The van der Waals surface area contributed by atoms with E-state index in [2.05, 4.69) is 25.4 Å². The van der Waals surface area contributed by atoms with E-state index in [4.69, 9.17) is 10.9 Å². The van der Waals surface area contributed by atoms with Crippen LogP contribution in [0.4, 0.5) is 11.9 Å². The number of hydrazine groups is 1. The Labute approximate surface area is 103 Å². The van der Waals surface area contributed by atoms with E-state index >= 15 is 0 Å². The van der Waals surface area contributed by atoms with Gasteiger partial charge in [-0.2, -0.15) is 15.0 Å². The molecule has 18 heavy (non-hydrogen) atoms. The van der Waals surface area contributed by atoms with E-state index in [1.165, 1.54) is 0 Å². The van der Waals surface area contributed by atoms with Crippen molar-refractivity contribution >= 4 is 11.9 Å². The van der Waals surface area contributed by atoms with E-state index in [1.807, 2.05) is 0 Å². The molecule has 2 aromatic rings. The molecule has 0 saturated heterocycles. The maximum absolute atomic E-state index is 8.91. The summed E-state index contributed by atoms with van der Waals surface area (Å²) in [6.07, 6.45) is 4.91. The number of anilines is 2.